The lowest BCUT2D eigenvalue weighted by molar-refractivity contribution is 0.0945. The van der Waals surface area contributed by atoms with Crippen LogP contribution >= 0.6 is 0 Å². The molecule has 108 valence electrons. The Bertz CT molecular complexity index is 621. The van der Waals surface area contributed by atoms with Crippen LogP contribution < -0.4 is 15.4 Å². The van der Waals surface area contributed by atoms with Crippen molar-refractivity contribution in [1.82, 2.24) is 15.3 Å². The van der Waals surface area contributed by atoms with Gasteiger partial charge >= 0.3 is 0 Å². The third kappa shape index (κ3) is 3.47. The lowest BCUT2D eigenvalue weighted by Crippen LogP contribution is -2.26. The number of aromatic nitrogens is 2. The average molecular weight is 284 g/mol. The molecule has 1 aliphatic rings. The molecular formula is C15H16N4O2. The summed E-state index contributed by atoms with van der Waals surface area (Å²) in [6, 6.07) is 7.79. The van der Waals surface area contributed by atoms with E-state index in [9.17, 15) is 4.79 Å². The van der Waals surface area contributed by atoms with Gasteiger partial charge in [0.05, 0.1) is 19.5 Å². The first kappa shape index (κ1) is 13.4. The van der Waals surface area contributed by atoms with Gasteiger partial charge in [-0.3, -0.25) is 4.79 Å². The van der Waals surface area contributed by atoms with Gasteiger partial charge in [0.2, 0.25) is 0 Å². The Morgan fingerprint density at radius 3 is 2.52 bits per heavy atom. The Hall–Kier alpha value is -2.63. The SMILES string of the molecule is COc1ccc(Nc2cnc(C(=O)NC3CC3)cn2)cc1. The molecule has 0 saturated heterocycles. The number of hydrogen-bond acceptors (Lipinski definition) is 5. The lowest BCUT2D eigenvalue weighted by atomic mass is 10.3. The normalized spacial score (nSPS) is 13.6. The Kier molecular flexibility index (Phi) is 3.68. The van der Waals surface area contributed by atoms with Crippen LogP contribution in [-0.4, -0.2) is 29.0 Å². The molecule has 1 heterocycles. The zero-order valence-electron chi connectivity index (χ0n) is 11.7. The van der Waals surface area contributed by atoms with E-state index in [4.69, 9.17) is 4.74 Å². The highest BCUT2D eigenvalue weighted by atomic mass is 16.5. The van der Waals surface area contributed by atoms with Gasteiger partial charge < -0.3 is 15.4 Å². The van der Waals surface area contributed by atoms with Gasteiger partial charge in [0.25, 0.3) is 5.91 Å². The number of benzene rings is 1. The highest BCUT2D eigenvalue weighted by molar-refractivity contribution is 5.92. The number of carbonyl (C=O) groups excluding carboxylic acids is 1. The number of hydrogen-bond donors (Lipinski definition) is 2. The summed E-state index contributed by atoms with van der Waals surface area (Å²) in [7, 11) is 1.62. The van der Waals surface area contributed by atoms with Crippen molar-refractivity contribution in [2.45, 2.75) is 18.9 Å². The van der Waals surface area contributed by atoms with Crippen molar-refractivity contribution in [2.24, 2.45) is 0 Å². The minimum atomic E-state index is -0.166. The van der Waals surface area contributed by atoms with E-state index in [1.807, 2.05) is 24.3 Å². The molecule has 6 nitrogen and oxygen atoms in total. The topological polar surface area (TPSA) is 76.1 Å². The van der Waals surface area contributed by atoms with Gasteiger partial charge in [0, 0.05) is 11.7 Å². The second-order valence-electron chi connectivity index (χ2n) is 4.89. The summed E-state index contributed by atoms with van der Waals surface area (Å²) in [4.78, 5) is 20.1. The second-order valence-corrected chi connectivity index (χ2v) is 4.89. The monoisotopic (exact) mass is 284 g/mol. The van der Waals surface area contributed by atoms with Crippen molar-refractivity contribution in [3.8, 4) is 5.75 Å². The zero-order valence-corrected chi connectivity index (χ0v) is 11.7. The van der Waals surface area contributed by atoms with Crippen LogP contribution in [0.3, 0.4) is 0 Å². The second kappa shape index (κ2) is 5.78. The maximum atomic E-state index is 11.8. The fourth-order valence-electron chi connectivity index (χ4n) is 1.82. The van der Waals surface area contributed by atoms with Crippen molar-refractivity contribution < 1.29 is 9.53 Å². The molecule has 21 heavy (non-hydrogen) atoms. The molecule has 1 aromatic carbocycles. The van der Waals surface area contributed by atoms with E-state index in [2.05, 4.69) is 20.6 Å². The van der Waals surface area contributed by atoms with Gasteiger partial charge in [-0.1, -0.05) is 0 Å². The minimum absolute atomic E-state index is 0.166. The summed E-state index contributed by atoms with van der Waals surface area (Å²) >= 11 is 0. The third-order valence-corrected chi connectivity index (χ3v) is 3.16. The Balaban J connectivity index is 1.64. The molecule has 0 radical (unpaired) electrons. The van der Waals surface area contributed by atoms with Gasteiger partial charge in [0.1, 0.15) is 17.3 Å². The van der Waals surface area contributed by atoms with Crippen molar-refractivity contribution in [3.05, 3.63) is 42.4 Å². The molecule has 1 aromatic heterocycles. The smallest absolute Gasteiger partial charge is 0.271 e. The van der Waals surface area contributed by atoms with Crippen LogP contribution in [0.2, 0.25) is 0 Å². The molecule has 2 aromatic rings. The fourth-order valence-corrected chi connectivity index (χ4v) is 1.82. The molecular weight excluding hydrogens is 268 g/mol. The van der Waals surface area contributed by atoms with Gasteiger partial charge in [-0.25, -0.2) is 9.97 Å². The molecule has 0 bridgehead atoms. The van der Waals surface area contributed by atoms with Gasteiger partial charge in [-0.2, -0.15) is 0 Å². The van der Waals surface area contributed by atoms with E-state index < -0.39 is 0 Å². The number of carbonyl (C=O) groups is 1. The standard InChI is InChI=1S/C15H16N4O2/c1-21-12-6-4-10(5-7-12)18-14-9-16-13(8-17-14)15(20)19-11-2-3-11/h4-9,11H,2-3H2,1H3,(H,17,18)(H,19,20). The summed E-state index contributed by atoms with van der Waals surface area (Å²) in [6.07, 6.45) is 5.13. The number of nitrogens with one attached hydrogen (secondary N) is 2. The minimum Gasteiger partial charge on any atom is -0.497 e. The van der Waals surface area contributed by atoms with Crippen molar-refractivity contribution in [1.29, 1.82) is 0 Å². The van der Waals surface area contributed by atoms with Crippen LogP contribution in [0.4, 0.5) is 11.5 Å². The molecule has 2 N–H and O–H groups in total. The van der Waals surface area contributed by atoms with E-state index in [-0.39, 0.29) is 5.91 Å². The van der Waals surface area contributed by atoms with E-state index in [1.165, 1.54) is 6.20 Å². The van der Waals surface area contributed by atoms with E-state index in [1.54, 1.807) is 13.3 Å². The van der Waals surface area contributed by atoms with Gasteiger partial charge in [0.15, 0.2) is 0 Å². The van der Waals surface area contributed by atoms with E-state index in [0.717, 1.165) is 24.3 Å². The first-order chi connectivity index (χ1) is 10.2. The molecule has 0 spiro atoms. The molecule has 1 saturated carbocycles. The largest absolute Gasteiger partial charge is 0.497 e. The Morgan fingerprint density at radius 2 is 1.95 bits per heavy atom. The van der Waals surface area contributed by atoms with Crippen molar-refractivity contribution in [3.63, 3.8) is 0 Å². The van der Waals surface area contributed by atoms with Crippen molar-refractivity contribution >= 4 is 17.4 Å². The predicted molar refractivity (Wildman–Crippen MR) is 78.8 cm³/mol. The molecule has 0 aliphatic heterocycles. The third-order valence-electron chi connectivity index (χ3n) is 3.16. The summed E-state index contributed by atoms with van der Waals surface area (Å²) in [5.41, 5.74) is 1.21. The Labute approximate surface area is 122 Å². The number of nitrogens with zero attached hydrogens (tertiary/aromatic N) is 2. The predicted octanol–water partition coefficient (Wildman–Crippen LogP) is 2.12. The number of anilines is 2. The van der Waals surface area contributed by atoms with Crippen LogP contribution in [0.1, 0.15) is 23.3 Å². The summed E-state index contributed by atoms with van der Waals surface area (Å²) in [5, 5.41) is 5.99. The first-order valence-corrected chi connectivity index (χ1v) is 6.78. The molecule has 1 amide bonds. The van der Waals surface area contributed by atoms with Crippen LogP contribution in [0.5, 0.6) is 5.75 Å². The number of amides is 1. The average Bonchev–Trinajstić information content (AvgIpc) is 3.33. The fraction of sp³-hybridized carbons (Fsp3) is 0.267. The van der Waals surface area contributed by atoms with Crippen LogP contribution in [0.15, 0.2) is 36.7 Å². The Morgan fingerprint density at radius 1 is 1.19 bits per heavy atom. The van der Waals surface area contributed by atoms with Crippen LogP contribution in [0.25, 0.3) is 0 Å². The summed E-state index contributed by atoms with van der Waals surface area (Å²) in [5.74, 6) is 1.21. The number of methoxy groups -OCH3 is 1. The molecule has 0 unspecified atom stereocenters. The quantitative estimate of drug-likeness (QED) is 0.879. The molecule has 6 heteroatoms. The first-order valence-electron chi connectivity index (χ1n) is 6.78. The van der Waals surface area contributed by atoms with E-state index >= 15 is 0 Å². The summed E-state index contributed by atoms with van der Waals surface area (Å²) in [6.45, 7) is 0. The zero-order chi connectivity index (χ0) is 14.7. The van der Waals surface area contributed by atoms with Gasteiger partial charge in [-0.05, 0) is 37.1 Å². The number of ether oxygens (including phenoxy) is 1. The van der Waals surface area contributed by atoms with Crippen LogP contribution in [-0.2, 0) is 0 Å². The number of rotatable bonds is 5. The van der Waals surface area contributed by atoms with Crippen molar-refractivity contribution in [2.75, 3.05) is 12.4 Å². The molecule has 1 fully saturated rings. The highest BCUT2D eigenvalue weighted by Gasteiger charge is 2.24. The molecule has 3 rings (SSSR count). The molecule has 1 aliphatic carbocycles. The van der Waals surface area contributed by atoms with Crippen LogP contribution in [0, 0.1) is 0 Å². The lowest BCUT2D eigenvalue weighted by Gasteiger charge is -2.07. The highest BCUT2D eigenvalue weighted by Crippen LogP contribution is 2.20. The maximum Gasteiger partial charge on any atom is 0.271 e. The summed E-state index contributed by atoms with van der Waals surface area (Å²) < 4.78 is 5.10. The maximum absolute atomic E-state index is 11.8. The van der Waals surface area contributed by atoms with Gasteiger partial charge in [-0.15, -0.1) is 0 Å². The van der Waals surface area contributed by atoms with E-state index in [0.29, 0.717) is 17.6 Å². The molecule has 0 atom stereocenters.